The molecule has 1 amide bonds. The van der Waals surface area contributed by atoms with Gasteiger partial charge in [-0.2, -0.15) is 4.99 Å². The number of ether oxygens (including phenoxy) is 1. The quantitative estimate of drug-likeness (QED) is 0.458. The summed E-state index contributed by atoms with van der Waals surface area (Å²) in [6.07, 6.45) is 1.75. The lowest BCUT2D eigenvalue weighted by Crippen LogP contribution is -2.22. The Kier molecular flexibility index (Phi) is 5.18. The molecule has 0 aliphatic carbocycles. The van der Waals surface area contributed by atoms with Crippen molar-refractivity contribution in [2.24, 2.45) is 4.99 Å². The zero-order chi connectivity index (χ0) is 20.4. The third-order valence-corrected chi connectivity index (χ3v) is 5.41. The molecular formula is C21H19N3O4S. The predicted molar refractivity (Wildman–Crippen MR) is 112 cm³/mol. The van der Waals surface area contributed by atoms with Crippen molar-refractivity contribution in [3.05, 3.63) is 70.5 Å². The number of benzene rings is 2. The second-order valence-corrected chi connectivity index (χ2v) is 7.28. The molecule has 7 nitrogen and oxygen atoms in total. The first-order chi connectivity index (χ1) is 14.1. The second-order valence-electron chi connectivity index (χ2n) is 6.27. The van der Waals surface area contributed by atoms with Gasteiger partial charge in [-0.15, -0.1) is 6.58 Å². The van der Waals surface area contributed by atoms with E-state index in [2.05, 4.69) is 11.6 Å². The SMILES string of the molecule is C=CCn1c(=NC(=O)Cn2c(=O)oc3ccccc32)sc2cc(OCC)ccc21. The van der Waals surface area contributed by atoms with Crippen LogP contribution in [-0.2, 0) is 17.9 Å². The van der Waals surface area contributed by atoms with Gasteiger partial charge in [-0.25, -0.2) is 4.79 Å². The van der Waals surface area contributed by atoms with Crippen LogP contribution in [0.4, 0.5) is 0 Å². The van der Waals surface area contributed by atoms with Crippen molar-refractivity contribution < 1.29 is 13.9 Å². The van der Waals surface area contributed by atoms with Crippen molar-refractivity contribution >= 4 is 38.6 Å². The van der Waals surface area contributed by atoms with Gasteiger partial charge >= 0.3 is 5.76 Å². The monoisotopic (exact) mass is 409 g/mol. The zero-order valence-corrected chi connectivity index (χ0v) is 16.6. The molecule has 0 radical (unpaired) electrons. The van der Waals surface area contributed by atoms with Crippen molar-refractivity contribution in [3.63, 3.8) is 0 Å². The highest BCUT2D eigenvalue weighted by molar-refractivity contribution is 7.16. The Morgan fingerprint density at radius 1 is 1.24 bits per heavy atom. The van der Waals surface area contributed by atoms with Crippen LogP contribution in [0.25, 0.3) is 21.3 Å². The van der Waals surface area contributed by atoms with E-state index in [0.717, 1.165) is 16.0 Å². The Hall–Kier alpha value is -3.39. The van der Waals surface area contributed by atoms with Crippen LogP contribution in [0.1, 0.15) is 6.92 Å². The molecule has 0 bridgehead atoms. The molecule has 29 heavy (non-hydrogen) atoms. The summed E-state index contributed by atoms with van der Waals surface area (Å²) >= 11 is 1.39. The number of carbonyl (C=O) groups excluding carboxylic acids is 1. The van der Waals surface area contributed by atoms with Gasteiger partial charge in [0.25, 0.3) is 5.91 Å². The Morgan fingerprint density at radius 2 is 2.07 bits per heavy atom. The number of nitrogens with zero attached hydrogens (tertiary/aromatic N) is 3. The fourth-order valence-electron chi connectivity index (χ4n) is 3.14. The summed E-state index contributed by atoms with van der Waals surface area (Å²) in [5.41, 5.74) is 1.95. The molecular weight excluding hydrogens is 390 g/mol. The molecule has 4 aromatic rings. The van der Waals surface area contributed by atoms with Crippen molar-refractivity contribution in [2.75, 3.05) is 6.61 Å². The van der Waals surface area contributed by atoms with E-state index in [1.807, 2.05) is 29.7 Å². The Bertz CT molecular complexity index is 1340. The molecule has 0 spiro atoms. The van der Waals surface area contributed by atoms with Gasteiger partial charge in [0.2, 0.25) is 0 Å². The van der Waals surface area contributed by atoms with Crippen LogP contribution in [-0.4, -0.2) is 21.6 Å². The van der Waals surface area contributed by atoms with Crippen molar-refractivity contribution in [2.45, 2.75) is 20.0 Å². The molecule has 0 aliphatic heterocycles. The van der Waals surface area contributed by atoms with E-state index < -0.39 is 11.7 Å². The molecule has 2 heterocycles. The number of hydrogen-bond acceptors (Lipinski definition) is 5. The van der Waals surface area contributed by atoms with Crippen LogP contribution in [0.15, 0.2) is 69.3 Å². The fraction of sp³-hybridized carbons (Fsp3) is 0.190. The highest BCUT2D eigenvalue weighted by Gasteiger charge is 2.13. The van der Waals surface area contributed by atoms with E-state index in [1.54, 1.807) is 30.3 Å². The number of thiazole rings is 1. The number of amides is 1. The third kappa shape index (κ3) is 3.66. The topological polar surface area (TPSA) is 78.7 Å². The van der Waals surface area contributed by atoms with E-state index >= 15 is 0 Å². The number of oxazole rings is 1. The average Bonchev–Trinajstić information content (AvgIpc) is 3.19. The highest BCUT2D eigenvalue weighted by Crippen LogP contribution is 2.23. The second kappa shape index (κ2) is 7.92. The molecule has 8 heteroatoms. The maximum atomic E-state index is 12.7. The summed E-state index contributed by atoms with van der Waals surface area (Å²) in [5.74, 6) is -0.249. The average molecular weight is 409 g/mol. The first-order valence-corrected chi connectivity index (χ1v) is 9.95. The van der Waals surface area contributed by atoms with Gasteiger partial charge in [-0.1, -0.05) is 29.5 Å². The van der Waals surface area contributed by atoms with E-state index in [4.69, 9.17) is 9.15 Å². The van der Waals surface area contributed by atoms with E-state index in [0.29, 0.717) is 29.1 Å². The van der Waals surface area contributed by atoms with Crippen LogP contribution in [0.2, 0.25) is 0 Å². The lowest BCUT2D eigenvalue weighted by Gasteiger charge is -2.04. The van der Waals surface area contributed by atoms with Crippen LogP contribution in [0.3, 0.4) is 0 Å². The minimum absolute atomic E-state index is 0.192. The minimum atomic E-state index is -0.577. The van der Waals surface area contributed by atoms with Gasteiger partial charge in [0.05, 0.1) is 22.3 Å². The van der Waals surface area contributed by atoms with Gasteiger partial charge in [0.15, 0.2) is 10.4 Å². The van der Waals surface area contributed by atoms with Crippen LogP contribution in [0.5, 0.6) is 5.75 Å². The highest BCUT2D eigenvalue weighted by atomic mass is 32.1. The Labute approximate surface area is 169 Å². The molecule has 2 aromatic carbocycles. The molecule has 0 fully saturated rings. The van der Waals surface area contributed by atoms with Crippen LogP contribution < -0.4 is 15.3 Å². The van der Waals surface area contributed by atoms with Gasteiger partial charge in [-0.05, 0) is 37.3 Å². The number of rotatable bonds is 6. The van der Waals surface area contributed by atoms with Crippen LogP contribution >= 0.6 is 11.3 Å². The molecule has 0 atom stereocenters. The molecule has 0 aliphatic rings. The Morgan fingerprint density at radius 3 is 2.86 bits per heavy atom. The van der Waals surface area contributed by atoms with Gasteiger partial charge in [-0.3, -0.25) is 9.36 Å². The molecule has 148 valence electrons. The smallest absolute Gasteiger partial charge is 0.420 e. The number of para-hydroxylation sites is 2. The predicted octanol–water partition coefficient (Wildman–Crippen LogP) is 3.32. The molecule has 4 rings (SSSR count). The largest absolute Gasteiger partial charge is 0.494 e. The number of fused-ring (bicyclic) bond motifs is 2. The fourth-order valence-corrected chi connectivity index (χ4v) is 4.23. The summed E-state index contributed by atoms with van der Waals surface area (Å²) in [6.45, 7) is 6.61. The van der Waals surface area contributed by atoms with Gasteiger partial charge < -0.3 is 13.7 Å². The summed E-state index contributed by atoms with van der Waals surface area (Å²) < 4.78 is 14.9. The number of aromatic nitrogens is 2. The summed E-state index contributed by atoms with van der Waals surface area (Å²) in [5, 5.41) is 0. The maximum Gasteiger partial charge on any atom is 0.420 e. The normalized spacial score (nSPS) is 12.0. The van der Waals surface area contributed by atoms with Gasteiger partial charge in [0.1, 0.15) is 12.3 Å². The molecule has 2 aromatic heterocycles. The molecule has 0 unspecified atom stereocenters. The minimum Gasteiger partial charge on any atom is -0.494 e. The number of carbonyl (C=O) groups is 1. The zero-order valence-electron chi connectivity index (χ0n) is 15.8. The Balaban J connectivity index is 1.75. The van der Waals surface area contributed by atoms with Crippen molar-refractivity contribution in [1.82, 2.24) is 9.13 Å². The number of allylic oxidation sites excluding steroid dienone is 1. The summed E-state index contributed by atoms with van der Waals surface area (Å²) in [4.78, 5) is 29.6. The van der Waals surface area contributed by atoms with Crippen molar-refractivity contribution in [1.29, 1.82) is 0 Å². The summed E-state index contributed by atoms with van der Waals surface area (Å²) in [6, 6.07) is 12.7. The van der Waals surface area contributed by atoms with E-state index in [1.165, 1.54) is 15.9 Å². The number of hydrogen-bond donors (Lipinski definition) is 0. The first kappa shape index (κ1) is 18.9. The third-order valence-electron chi connectivity index (χ3n) is 4.36. The van der Waals surface area contributed by atoms with Crippen LogP contribution in [0, 0.1) is 0 Å². The lowest BCUT2D eigenvalue weighted by atomic mass is 10.3. The molecule has 0 N–H and O–H groups in total. The van der Waals surface area contributed by atoms with E-state index in [9.17, 15) is 9.59 Å². The standard InChI is InChI=1S/C21H19N3O4S/c1-3-11-23-16-10-9-14(27-4-2)12-18(16)29-20(23)22-19(25)13-24-15-7-5-6-8-17(15)28-21(24)26/h3,5-10,12H,1,4,11,13H2,2H3. The van der Waals surface area contributed by atoms with Crippen molar-refractivity contribution in [3.8, 4) is 5.75 Å². The van der Waals surface area contributed by atoms with Gasteiger partial charge in [0, 0.05) is 6.54 Å². The maximum absolute atomic E-state index is 12.7. The lowest BCUT2D eigenvalue weighted by molar-refractivity contribution is -0.118. The summed E-state index contributed by atoms with van der Waals surface area (Å²) in [7, 11) is 0. The first-order valence-electron chi connectivity index (χ1n) is 9.13. The molecule has 0 saturated carbocycles. The van der Waals surface area contributed by atoms with E-state index in [-0.39, 0.29) is 6.54 Å². The molecule has 0 saturated heterocycles.